The Morgan fingerprint density at radius 3 is 2.94 bits per heavy atom. The van der Waals surface area contributed by atoms with Crippen LogP contribution >= 0.6 is 11.8 Å². The van der Waals surface area contributed by atoms with E-state index in [1.54, 1.807) is 7.11 Å². The van der Waals surface area contributed by atoms with E-state index >= 15 is 0 Å². The monoisotopic (exact) mass is 251 g/mol. The maximum Gasteiger partial charge on any atom is 0.180 e. The molecular formula is C13H17NO2S. The third-order valence-corrected chi connectivity index (χ3v) is 4.00. The van der Waals surface area contributed by atoms with E-state index in [2.05, 4.69) is 5.32 Å². The highest BCUT2D eigenvalue weighted by Gasteiger charge is 2.23. The molecule has 92 valence electrons. The molecule has 3 nitrogen and oxygen atoms in total. The van der Waals surface area contributed by atoms with Gasteiger partial charge in [0.2, 0.25) is 0 Å². The van der Waals surface area contributed by atoms with Crippen LogP contribution in [0, 0.1) is 6.92 Å². The number of aryl methyl sites for hydroxylation is 1. The molecule has 1 atom stereocenters. The maximum atomic E-state index is 12.3. The third kappa shape index (κ3) is 2.82. The lowest BCUT2D eigenvalue weighted by molar-refractivity contribution is 0.0952. The largest absolute Gasteiger partial charge is 0.497 e. The van der Waals surface area contributed by atoms with Gasteiger partial charge in [0, 0.05) is 23.6 Å². The number of rotatable bonds is 3. The number of ketones is 1. The maximum absolute atomic E-state index is 12.3. The number of carbonyl (C=O) groups is 1. The van der Waals surface area contributed by atoms with Crippen LogP contribution in [-0.2, 0) is 0 Å². The van der Waals surface area contributed by atoms with Crippen LogP contribution in [0.3, 0.4) is 0 Å². The van der Waals surface area contributed by atoms with E-state index in [0.717, 1.165) is 34.9 Å². The Kier molecular flexibility index (Phi) is 4.07. The van der Waals surface area contributed by atoms with Crippen LogP contribution in [0.15, 0.2) is 18.2 Å². The minimum Gasteiger partial charge on any atom is -0.497 e. The molecule has 1 saturated heterocycles. The molecule has 1 fully saturated rings. The molecule has 4 heteroatoms. The Morgan fingerprint density at radius 2 is 2.35 bits per heavy atom. The quantitative estimate of drug-likeness (QED) is 0.833. The summed E-state index contributed by atoms with van der Waals surface area (Å²) in [6.07, 6.45) is 0. The van der Waals surface area contributed by atoms with Gasteiger partial charge in [0.1, 0.15) is 5.75 Å². The van der Waals surface area contributed by atoms with Gasteiger partial charge in [-0.2, -0.15) is 11.8 Å². The van der Waals surface area contributed by atoms with Gasteiger partial charge in [0.15, 0.2) is 5.78 Å². The SMILES string of the molecule is COc1ccc(C(=O)C2CSCCN2)c(C)c1. The van der Waals surface area contributed by atoms with Crippen LogP contribution in [0.4, 0.5) is 0 Å². The highest BCUT2D eigenvalue weighted by atomic mass is 32.2. The molecule has 17 heavy (non-hydrogen) atoms. The van der Waals surface area contributed by atoms with Crippen LogP contribution in [0.2, 0.25) is 0 Å². The Bertz CT molecular complexity index is 414. The predicted octanol–water partition coefficient (Wildman–Crippen LogP) is 1.89. The first-order valence-electron chi connectivity index (χ1n) is 5.72. The van der Waals surface area contributed by atoms with Crippen molar-refractivity contribution in [2.75, 3.05) is 25.2 Å². The summed E-state index contributed by atoms with van der Waals surface area (Å²) >= 11 is 1.83. The van der Waals surface area contributed by atoms with Crippen molar-refractivity contribution >= 4 is 17.5 Å². The summed E-state index contributed by atoms with van der Waals surface area (Å²) in [7, 11) is 1.63. The lowest BCUT2D eigenvalue weighted by atomic mass is 10.00. The summed E-state index contributed by atoms with van der Waals surface area (Å²) in [4.78, 5) is 12.3. The van der Waals surface area contributed by atoms with Gasteiger partial charge in [-0.3, -0.25) is 4.79 Å². The molecule has 1 N–H and O–H groups in total. The lowest BCUT2D eigenvalue weighted by Gasteiger charge is -2.22. The number of thioether (sulfide) groups is 1. The van der Waals surface area contributed by atoms with E-state index in [0.29, 0.717) is 0 Å². The summed E-state index contributed by atoms with van der Waals surface area (Å²) in [5.41, 5.74) is 1.78. The second kappa shape index (κ2) is 5.56. The van der Waals surface area contributed by atoms with Crippen molar-refractivity contribution < 1.29 is 9.53 Å². The van der Waals surface area contributed by atoms with Crippen molar-refractivity contribution in [1.29, 1.82) is 0 Å². The zero-order valence-electron chi connectivity index (χ0n) is 10.2. The number of methoxy groups -OCH3 is 1. The fourth-order valence-corrected chi connectivity index (χ4v) is 2.89. The average molecular weight is 251 g/mol. The Hall–Kier alpha value is -1.00. The normalized spacial score (nSPS) is 20.0. The Balaban J connectivity index is 2.18. The summed E-state index contributed by atoms with van der Waals surface area (Å²) in [6.45, 7) is 2.86. The van der Waals surface area contributed by atoms with Crippen LogP contribution < -0.4 is 10.1 Å². The zero-order chi connectivity index (χ0) is 12.3. The number of hydrogen-bond donors (Lipinski definition) is 1. The van der Waals surface area contributed by atoms with Gasteiger partial charge < -0.3 is 10.1 Å². The topological polar surface area (TPSA) is 38.3 Å². The smallest absolute Gasteiger partial charge is 0.180 e. The van der Waals surface area contributed by atoms with Crippen LogP contribution in [0.1, 0.15) is 15.9 Å². The molecular weight excluding hydrogens is 234 g/mol. The van der Waals surface area contributed by atoms with E-state index in [4.69, 9.17) is 4.74 Å². The predicted molar refractivity (Wildman–Crippen MR) is 71.2 cm³/mol. The van der Waals surface area contributed by atoms with E-state index in [9.17, 15) is 4.79 Å². The van der Waals surface area contributed by atoms with Crippen LogP contribution in [-0.4, -0.2) is 37.0 Å². The third-order valence-electron chi connectivity index (χ3n) is 2.94. The molecule has 1 heterocycles. The molecule has 1 aromatic carbocycles. The van der Waals surface area contributed by atoms with Gasteiger partial charge in [0.05, 0.1) is 13.2 Å². The van der Waals surface area contributed by atoms with Gasteiger partial charge in [-0.1, -0.05) is 0 Å². The average Bonchev–Trinajstić information content (AvgIpc) is 2.39. The van der Waals surface area contributed by atoms with E-state index in [1.807, 2.05) is 36.9 Å². The number of hydrogen-bond acceptors (Lipinski definition) is 4. The number of benzene rings is 1. The molecule has 0 amide bonds. The van der Waals surface area contributed by atoms with E-state index < -0.39 is 0 Å². The first-order chi connectivity index (χ1) is 8.22. The standard InChI is InChI=1S/C13H17NO2S/c1-9-7-10(16-2)3-4-11(9)13(15)12-8-17-6-5-14-12/h3-4,7,12,14H,5-6,8H2,1-2H3. The first kappa shape index (κ1) is 12.5. The van der Waals surface area contributed by atoms with Gasteiger partial charge in [-0.25, -0.2) is 0 Å². The van der Waals surface area contributed by atoms with Crippen LogP contribution in [0.5, 0.6) is 5.75 Å². The molecule has 0 aliphatic carbocycles. The first-order valence-corrected chi connectivity index (χ1v) is 6.88. The second-order valence-corrected chi connectivity index (χ2v) is 5.28. The van der Waals surface area contributed by atoms with E-state index in [1.165, 1.54) is 0 Å². The number of nitrogens with one attached hydrogen (secondary N) is 1. The summed E-state index contributed by atoms with van der Waals surface area (Å²) in [6, 6.07) is 5.57. The molecule has 0 saturated carbocycles. The fraction of sp³-hybridized carbons (Fsp3) is 0.462. The lowest BCUT2D eigenvalue weighted by Crippen LogP contribution is -2.43. The summed E-state index contributed by atoms with van der Waals surface area (Å²) < 4.78 is 5.14. The molecule has 2 rings (SSSR count). The number of ether oxygens (including phenoxy) is 1. The van der Waals surface area contributed by atoms with Crippen molar-refractivity contribution in [2.45, 2.75) is 13.0 Å². The zero-order valence-corrected chi connectivity index (χ0v) is 11.0. The summed E-state index contributed by atoms with van der Waals surface area (Å²) in [5.74, 6) is 2.94. The van der Waals surface area contributed by atoms with E-state index in [-0.39, 0.29) is 11.8 Å². The minimum absolute atomic E-state index is 0.0409. The second-order valence-electron chi connectivity index (χ2n) is 4.13. The molecule has 1 unspecified atom stereocenters. The van der Waals surface area contributed by atoms with Gasteiger partial charge >= 0.3 is 0 Å². The van der Waals surface area contributed by atoms with Crippen molar-refractivity contribution in [3.8, 4) is 5.75 Å². The highest BCUT2D eigenvalue weighted by molar-refractivity contribution is 7.99. The molecule has 0 spiro atoms. The molecule has 1 aliphatic rings. The molecule has 0 aromatic heterocycles. The highest BCUT2D eigenvalue weighted by Crippen LogP contribution is 2.20. The summed E-state index contributed by atoms with van der Waals surface area (Å²) in [5, 5.41) is 3.27. The van der Waals surface area contributed by atoms with Crippen molar-refractivity contribution in [3.05, 3.63) is 29.3 Å². The van der Waals surface area contributed by atoms with Crippen molar-refractivity contribution in [1.82, 2.24) is 5.32 Å². The number of Topliss-reactive ketones (excluding diaryl/α,β-unsaturated/α-hetero) is 1. The van der Waals surface area contributed by atoms with Gasteiger partial charge in [0.25, 0.3) is 0 Å². The van der Waals surface area contributed by atoms with Gasteiger partial charge in [-0.05, 0) is 30.7 Å². The fourth-order valence-electron chi connectivity index (χ4n) is 1.96. The molecule has 1 aliphatic heterocycles. The van der Waals surface area contributed by atoms with Crippen molar-refractivity contribution in [2.24, 2.45) is 0 Å². The molecule has 0 radical (unpaired) electrons. The minimum atomic E-state index is -0.0409. The van der Waals surface area contributed by atoms with Gasteiger partial charge in [-0.15, -0.1) is 0 Å². The Morgan fingerprint density at radius 1 is 1.53 bits per heavy atom. The van der Waals surface area contributed by atoms with Crippen molar-refractivity contribution in [3.63, 3.8) is 0 Å². The Labute approximate surface area is 106 Å². The van der Waals surface area contributed by atoms with Crippen LogP contribution in [0.25, 0.3) is 0 Å². The molecule has 1 aromatic rings. The number of carbonyl (C=O) groups excluding carboxylic acids is 1. The molecule has 0 bridgehead atoms.